The van der Waals surface area contributed by atoms with Crippen molar-refractivity contribution in [3.63, 3.8) is 0 Å². The Bertz CT molecular complexity index is 1320. The van der Waals surface area contributed by atoms with E-state index < -0.39 is 30.5 Å². The summed E-state index contributed by atoms with van der Waals surface area (Å²) in [5.41, 5.74) is 0.503. The molecule has 1 aromatic carbocycles. The molecule has 4 N–H and O–H groups in total. The van der Waals surface area contributed by atoms with Gasteiger partial charge >= 0.3 is 6.18 Å². The Kier molecular flexibility index (Phi) is 7.04. The number of fused-ring (bicyclic) bond motifs is 4. The molecule has 2 aliphatic heterocycles. The van der Waals surface area contributed by atoms with Crippen LogP contribution in [0.4, 0.5) is 30.4 Å². The Morgan fingerprint density at radius 2 is 2.08 bits per heavy atom. The lowest BCUT2D eigenvalue weighted by Gasteiger charge is -2.44. The molecule has 2 aliphatic rings. The molecule has 0 saturated carbocycles. The van der Waals surface area contributed by atoms with Crippen molar-refractivity contribution in [3.05, 3.63) is 54.4 Å². The number of aliphatic hydroxyl groups excluding tert-OH is 2. The van der Waals surface area contributed by atoms with Crippen molar-refractivity contribution in [2.75, 3.05) is 35.3 Å². The summed E-state index contributed by atoms with van der Waals surface area (Å²) in [7, 11) is 0. The van der Waals surface area contributed by atoms with Crippen LogP contribution in [0.1, 0.15) is 18.4 Å². The molecule has 2 aromatic heterocycles. The van der Waals surface area contributed by atoms with Gasteiger partial charge in [-0.05, 0) is 31.0 Å². The third kappa shape index (κ3) is 5.48. The predicted molar refractivity (Wildman–Crippen MR) is 132 cm³/mol. The predicted octanol–water partition coefficient (Wildman–Crippen LogP) is 2.69. The van der Waals surface area contributed by atoms with Gasteiger partial charge in [-0.15, -0.1) is 0 Å². The molecule has 1 unspecified atom stereocenters. The number of amides is 1. The minimum absolute atomic E-state index is 0.0229. The van der Waals surface area contributed by atoms with Crippen LogP contribution in [0.3, 0.4) is 0 Å². The molecule has 10 nitrogen and oxygen atoms in total. The van der Waals surface area contributed by atoms with Crippen molar-refractivity contribution >= 4 is 23.1 Å². The second-order valence-corrected chi connectivity index (χ2v) is 9.11. The standard InChI is InChI=1S/C25H25F3N6O4/c26-25(27,28)15-3-1-2-14(8-15)22-30-10-20-23(33-22)31-17-4-5-19(34(20)11-17)24(37)32-16-6-7-29-21(9-16)38-13-18(36)12-35/h1-3,6-10,17-19,35-36H,4-5,11-13H2,(H,29,32,37)(H,30,31,33)/t17-,18-,19?/m0/s1. The molecule has 1 fully saturated rings. The van der Waals surface area contributed by atoms with Crippen molar-refractivity contribution in [1.82, 2.24) is 15.0 Å². The van der Waals surface area contributed by atoms with Gasteiger partial charge in [-0.1, -0.05) is 12.1 Å². The second-order valence-electron chi connectivity index (χ2n) is 9.11. The van der Waals surface area contributed by atoms with E-state index in [9.17, 15) is 23.1 Å². The fourth-order valence-electron chi connectivity index (χ4n) is 4.51. The van der Waals surface area contributed by atoms with Gasteiger partial charge in [0.05, 0.1) is 24.1 Å². The second kappa shape index (κ2) is 10.4. The molecule has 3 aromatic rings. The highest BCUT2D eigenvalue weighted by molar-refractivity contribution is 5.98. The molecule has 5 rings (SSSR count). The summed E-state index contributed by atoms with van der Waals surface area (Å²) in [6.07, 6.45) is -1.28. The highest BCUT2D eigenvalue weighted by atomic mass is 19.4. The van der Waals surface area contributed by atoms with Crippen molar-refractivity contribution < 1.29 is 32.9 Å². The van der Waals surface area contributed by atoms with Gasteiger partial charge in [0, 0.05) is 36.1 Å². The number of hydrogen-bond acceptors (Lipinski definition) is 9. The summed E-state index contributed by atoms with van der Waals surface area (Å²) < 4.78 is 44.8. The first-order valence-electron chi connectivity index (χ1n) is 12.0. The summed E-state index contributed by atoms with van der Waals surface area (Å²) >= 11 is 0. The summed E-state index contributed by atoms with van der Waals surface area (Å²) in [6, 6.07) is 7.47. The third-order valence-corrected chi connectivity index (χ3v) is 6.39. The molecular formula is C25H25F3N6O4. The van der Waals surface area contributed by atoms with E-state index in [2.05, 4.69) is 25.6 Å². The van der Waals surface area contributed by atoms with Gasteiger partial charge in [0.25, 0.3) is 0 Å². The van der Waals surface area contributed by atoms with Gasteiger partial charge in [-0.2, -0.15) is 13.2 Å². The number of pyridine rings is 1. The Hall–Kier alpha value is -3.97. The Morgan fingerprint density at radius 1 is 1.24 bits per heavy atom. The number of halogens is 3. The Labute approximate surface area is 215 Å². The quantitative estimate of drug-likeness (QED) is 0.364. The number of carbonyl (C=O) groups is 1. The number of aromatic nitrogens is 3. The van der Waals surface area contributed by atoms with Crippen LogP contribution in [0.15, 0.2) is 48.8 Å². The maximum atomic E-state index is 13.3. The average Bonchev–Trinajstić information content (AvgIpc) is 2.91. The minimum Gasteiger partial charge on any atom is -0.475 e. The van der Waals surface area contributed by atoms with Gasteiger partial charge in [-0.25, -0.2) is 15.0 Å². The average molecular weight is 531 g/mol. The monoisotopic (exact) mass is 530 g/mol. The molecule has 1 saturated heterocycles. The Morgan fingerprint density at radius 3 is 2.87 bits per heavy atom. The smallest absolute Gasteiger partial charge is 0.416 e. The molecule has 0 radical (unpaired) electrons. The van der Waals surface area contributed by atoms with Crippen LogP contribution < -0.4 is 20.3 Å². The molecular weight excluding hydrogens is 505 g/mol. The minimum atomic E-state index is -4.48. The van der Waals surface area contributed by atoms with Gasteiger partial charge in [0.2, 0.25) is 11.8 Å². The van der Waals surface area contributed by atoms with Crippen LogP contribution in [-0.2, 0) is 11.0 Å². The van der Waals surface area contributed by atoms with Crippen LogP contribution in [0, 0.1) is 0 Å². The number of anilines is 3. The van der Waals surface area contributed by atoms with Crippen LogP contribution in [0.25, 0.3) is 11.4 Å². The normalized spacial score (nSPS) is 19.2. The van der Waals surface area contributed by atoms with Gasteiger partial charge in [0.1, 0.15) is 18.8 Å². The first kappa shape index (κ1) is 25.7. The number of rotatable bonds is 7. The number of nitrogens with zero attached hydrogens (tertiary/aromatic N) is 4. The molecule has 200 valence electrons. The number of aliphatic hydroxyl groups is 2. The number of carbonyl (C=O) groups excluding carboxylic acids is 1. The lowest BCUT2D eigenvalue weighted by molar-refractivity contribution is -0.137. The molecule has 4 heterocycles. The van der Waals surface area contributed by atoms with Crippen molar-refractivity contribution in [1.29, 1.82) is 0 Å². The van der Waals surface area contributed by atoms with Crippen LogP contribution in [0.2, 0.25) is 0 Å². The topological polar surface area (TPSA) is 133 Å². The van der Waals surface area contributed by atoms with Crippen LogP contribution in [0.5, 0.6) is 5.88 Å². The van der Waals surface area contributed by atoms with Gasteiger partial charge < -0.3 is 30.5 Å². The number of alkyl halides is 3. The van der Waals surface area contributed by atoms with Crippen LogP contribution in [-0.4, -0.2) is 69.0 Å². The zero-order valence-corrected chi connectivity index (χ0v) is 20.0. The first-order chi connectivity index (χ1) is 18.2. The maximum Gasteiger partial charge on any atom is 0.416 e. The number of benzene rings is 1. The molecule has 3 atom stereocenters. The van der Waals surface area contributed by atoms with Gasteiger partial charge in [-0.3, -0.25) is 4.79 Å². The number of piperidine rings is 1. The largest absolute Gasteiger partial charge is 0.475 e. The number of nitrogens with one attached hydrogen (secondary N) is 2. The molecule has 2 bridgehead atoms. The van der Waals surface area contributed by atoms with E-state index in [1.165, 1.54) is 30.6 Å². The lowest BCUT2D eigenvalue weighted by atomic mass is 9.94. The zero-order valence-electron chi connectivity index (χ0n) is 20.0. The zero-order chi connectivity index (χ0) is 26.9. The van der Waals surface area contributed by atoms with E-state index in [-0.39, 0.29) is 35.8 Å². The summed E-state index contributed by atoms with van der Waals surface area (Å²) in [6.45, 7) is -0.0531. The first-order valence-corrected chi connectivity index (χ1v) is 12.0. The number of hydrogen-bond donors (Lipinski definition) is 4. The van der Waals surface area contributed by atoms with Gasteiger partial charge in [0.15, 0.2) is 11.6 Å². The third-order valence-electron chi connectivity index (χ3n) is 6.39. The fourth-order valence-corrected chi connectivity index (χ4v) is 4.51. The molecule has 0 aliphatic carbocycles. The highest BCUT2D eigenvalue weighted by Gasteiger charge is 2.38. The van der Waals surface area contributed by atoms with E-state index in [4.69, 9.17) is 9.84 Å². The summed E-state index contributed by atoms with van der Waals surface area (Å²) in [5, 5.41) is 24.6. The lowest BCUT2D eigenvalue weighted by Crippen LogP contribution is -2.56. The maximum absolute atomic E-state index is 13.3. The van der Waals surface area contributed by atoms with E-state index in [0.29, 0.717) is 36.6 Å². The fraction of sp³-hybridized carbons (Fsp3) is 0.360. The number of ether oxygens (including phenoxy) is 1. The summed E-state index contributed by atoms with van der Waals surface area (Å²) in [5.74, 6) is 0.538. The molecule has 38 heavy (non-hydrogen) atoms. The van der Waals surface area contributed by atoms with E-state index in [1.807, 2.05) is 4.90 Å². The summed E-state index contributed by atoms with van der Waals surface area (Å²) in [4.78, 5) is 28.0. The SMILES string of the molecule is O=C(Nc1ccnc(OC[C@@H](O)CO)c1)C1CC[C@H]2CN1c1cnc(-c3cccc(C(F)(F)F)c3)nc1N2. The Balaban J connectivity index is 1.34. The molecule has 13 heteroatoms. The van der Waals surface area contributed by atoms with E-state index >= 15 is 0 Å². The van der Waals surface area contributed by atoms with Crippen molar-refractivity contribution in [3.8, 4) is 17.3 Å². The van der Waals surface area contributed by atoms with E-state index in [0.717, 1.165) is 12.1 Å². The van der Waals surface area contributed by atoms with Crippen molar-refractivity contribution in [2.45, 2.75) is 37.2 Å². The van der Waals surface area contributed by atoms with Crippen LogP contribution >= 0.6 is 0 Å². The van der Waals surface area contributed by atoms with E-state index in [1.54, 1.807) is 6.07 Å². The highest BCUT2D eigenvalue weighted by Crippen LogP contribution is 2.38. The molecule has 1 amide bonds. The van der Waals surface area contributed by atoms with Crippen molar-refractivity contribution in [2.24, 2.45) is 0 Å². The molecule has 0 spiro atoms.